The fraction of sp³-hybridized carbons (Fsp3) is 0.400. The van der Waals surface area contributed by atoms with Gasteiger partial charge in [0, 0.05) is 6.42 Å². The maximum absolute atomic E-state index is 9.28. The molecule has 0 aliphatic heterocycles. The Labute approximate surface area is 67.7 Å². The van der Waals surface area contributed by atoms with E-state index < -0.39 is 0 Å². The van der Waals surface area contributed by atoms with Crippen molar-refractivity contribution < 1.29 is 5.11 Å². The van der Waals surface area contributed by atoms with Crippen LogP contribution in [0.15, 0.2) is 34.6 Å². The summed E-state index contributed by atoms with van der Waals surface area (Å²) in [5.74, 6) is 0.457. The Morgan fingerprint density at radius 1 is 1.27 bits per heavy atom. The van der Waals surface area contributed by atoms with Crippen molar-refractivity contribution in [2.24, 2.45) is 0 Å². The molecule has 60 valence electrons. The Kier molecular flexibility index (Phi) is 2.18. The average molecular weight is 150 g/mol. The molecule has 1 heteroatoms. The molecule has 0 unspecified atom stereocenters. The van der Waals surface area contributed by atoms with Gasteiger partial charge < -0.3 is 5.11 Å². The van der Waals surface area contributed by atoms with E-state index in [4.69, 9.17) is 0 Å². The monoisotopic (exact) mass is 150 g/mol. The highest BCUT2D eigenvalue weighted by atomic mass is 16.3. The summed E-state index contributed by atoms with van der Waals surface area (Å²) in [5, 5.41) is 9.28. The van der Waals surface area contributed by atoms with Crippen molar-refractivity contribution in [3.05, 3.63) is 34.6 Å². The van der Waals surface area contributed by atoms with Gasteiger partial charge in [-0.05, 0) is 38.0 Å². The van der Waals surface area contributed by atoms with Crippen molar-refractivity contribution in [3.63, 3.8) is 0 Å². The van der Waals surface area contributed by atoms with Crippen LogP contribution < -0.4 is 0 Å². The number of hydrogen-bond donors (Lipinski definition) is 1. The molecule has 0 aromatic heterocycles. The number of aliphatic hydroxyl groups is 1. The molecule has 1 rings (SSSR count). The topological polar surface area (TPSA) is 20.2 Å². The SMILES string of the molecule is CC1=CCC(O)=CC(C)=C1C. The quantitative estimate of drug-likeness (QED) is 0.562. The first-order valence-electron chi connectivity index (χ1n) is 3.85. The molecule has 1 aliphatic rings. The number of rotatable bonds is 0. The molecule has 0 aromatic rings. The molecule has 0 atom stereocenters. The highest BCUT2D eigenvalue weighted by Crippen LogP contribution is 2.20. The van der Waals surface area contributed by atoms with E-state index in [1.54, 1.807) is 0 Å². The summed E-state index contributed by atoms with van der Waals surface area (Å²) in [6, 6.07) is 0. The van der Waals surface area contributed by atoms with Crippen molar-refractivity contribution in [2.75, 3.05) is 0 Å². The lowest BCUT2D eigenvalue weighted by molar-refractivity contribution is 0.401. The van der Waals surface area contributed by atoms with E-state index in [-0.39, 0.29) is 0 Å². The Morgan fingerprint density at radius 3 is 2.55 bits per heavy atom. The fourth-order valence-electron chi connectivity index (χ4n) is 1.14. The summed E-state index contributed by atoms with van der Waals surface area (Å²) in [4.78, 5) is 0. The molecule has 0 saturated carbocycles. The minimum Gasteiger partial charge on any atom is -0.512 e. The van der Waals surface area contributed by atoms with Crippen LogP contribution in [-0.4, -0.2) is 5.11 Å². The molecule has 0 aromatic carbocycles. The molecule has 0 fully saturated rings. The summed E-state index contributed by atoms with van der Waals surface area (Å²) in [6.45, 7) is 6.18. The first-order valence-corrected chi connectivity index (χ1v) is 3.85. The molecule has 1 nitrogen and oxygen atoms in total. The largest absolute Gasteiger partial charge is 0.512 e. The van der Waals surface area contributed by atoms with Gasteiger partial charge in [0.05, 0.1) is 5.76 Å². The molecule has 0 heterocycles. The second-order valence-corrected chi connectivity index (χ2v) is 3.03. The van der Waals surface area contributed by atoms with Crippen LogP contribution in [0.25, 0.3) is 0 Å². The van der Waals surface area contributed by atoms with Gasteiger partial charge in [-0.2, -0.15) is 0 Å². The van der Waals surface area contributed by atoms with Crippen LogP contribution in [0.5, 0.6) is 0 Å². The predicted octanol–water partition coefficient (Wildman–Crippen LogP) is 3.11. The van der Waals surface area contributed by atoms with Crippen molar-refractivity contribution in [1.82, 2.24) is 0 Å². The van der Waals surface area contributed by atoms with Gasteiger partial charge in [-0.3, -0.25) is 0 Å². The maximum Gasteiger partial charge on any atom is 0.0963 e. The van der Waals surface area contributed by atoms with E-state index in [1.807, 2.05) is 13.0 Å². The van der Waals surface area contributed by atoms with E-state index in [0.717, 1.165) is 5.57 Å². The summed E-state index contributed by atoms with van der Waals surface area (Å²) >= 11 is 0. The molecule has 0 amide bonds. The fourth-order valence-corrected chi connectivity index (χ4v) is 1.14. The standard InChI is InChI=1S/C10H14O/c1-7-4-5-10(11)6-8(2)9(7)3/h4,6,11H,5H2,1-3H3. The first kappa shape index (κ1) is 8.12. The van der Waals surface area contributed by atoms with Crippen LogP contribution in [0.2, 0.25) is 0 Å². The van der Waals surface area contributed by atoms with Crippen LogP contribution in [-0.2, 0) is 0 Å². The van der Waals surface area contributed by atoms with Gasteiger partial charge in [-0.1, -0.05) is 11.6 Å². The summed E-state index contributed by atoms with van der Waals surface area (Å²) in [7, 11) is 0. The third-order valence-electron chi connectivity index (χ3n) is 2.18. The zero-order valence-electron chi connectivity index (χ0n) is 7.31. The van der Waals surface area contributed by atoms with Gasteiger partial charge in [-0.15, -0.1) is 0 Å². The zero-order valence-corrected chi connectivity index (χ0v) is 7.31. The minimum atomic E-state index is 0.457. The minimum absolute atomic E-state index is 0.457. The third-order valence-corrected chi connectivity index (χ3v) is 2.18. The smallest absolute Gasteiger partial charge is 0.0963 e. The number of hydrogen-bond acceptors (Lipinski definition) is 1. The van der Waals surface area contributed by atoms with Gasteiger partial charge >= 0.3 is 0 Å². The van der Waals surface area contributed by atoms with E-state index in [0.29, 0.717) is 12.2 Å². The lowest BCUT2D eigenvalue weighted by Crippen LogP contribution is -1.81. The first-order chi connectivity index (χ1) is 5.11. The highest BCUT2D eigenvalue weighted by molar-refractivity contribution is 5.40. The van der Waals surface area contributed by atoms with Crippen molar-refractivity contribution in [3.8, 4) is 0 Å². The van der Waals surface area contributed by atoms with Crippen molar-refractivity contribution >= 4 is 0 Å². The maximum atomic E-state index is 9.28. The highest BCUT2D eigenvalue weighted by Gasteiger charge is 2.03. The summed E-state index contributed by atoms with van der Waals surface area (Å²) < 4.78 is 0. The molecule has 1 N–H and O–H groups in total. The molecule has 0 spiro atoms. The lowest BCUT2D eigenvalue weighted by atomic mass is 10.1. The second kappa shape index (κ2) is 2.95. The summed E-state index contributed by atoms with van der Waals surface area (Å²) in [6.07, 6.45) is 4.56. The van der Waals surface area contributed by atoms with Crippen LogP contribution in [0.3, 0.4) is 0 Å². The molecular weight excluding hydrogens is 136 g/mol. The molecular formula is C10H14O. The zero-order chi connectivity index (χ0) is 8.43. The Bertz CT molecular complexity index is 254. The Balaban J connectivity index is 3.08. The molecule has 0 bridgehead atoms. The van der Waals surface area contributed by atoms with Gasteiger partial charge in [0.1, 0.15) is 0 Å². The van der Waals surface area contributed by atoms with E-state index in [2.05, 4.69) is 19.9 Å². The predicted molar refractivity (Wildman–Crippen MR) is 47.5 cm³/mol. The van der Waals surface area contributed by atoms with Crippen LogP contribution >= 0.6 is 0 Å². The molecule has 11 heavy (non-hydrogen) atoms. The van der Waals surface area contributed by atoms with Gasteiger partial charge in [0.2, 0.25) is 0 Å². The van der Waals surface area contributed by atoms with E-state index >= 15 is 0 Å². The molecule has 0 saturated heterocycles. The van der Waals surface area contributed by atoms with Crippen molar-refractivity contribution in [2.45, 2.75) is 27.2 Å². The van der Waals surface area contributed by atoms with Crippen molar-refractivity contribution in [1.29, 1.82) is 0 Å². The van der Waals surface area contributed by atoms with Crippen LogP contribution in [0.4, 0.5) is 0 Å². The summed E-state index contributed by atoms with van der Waals surface area (Å²) in [5.41, 5.74) is 3.70. The average Bonchev–Trinajstić information content (AvgIpc) is 2.05. The molecule has 1 aliphatic carbocycles. The normalized spacial score (nSPS) is 19.2. The lowest BCUT2D eigenvalue weighted by Gasteiger charge is -2.00. The number of aliphatic hydroxyl groups excluding tert-OH is 1. The molecule has 0 radical (unpaired) electrons. The van der Waals surface area contributed by atoms with E-state index in [9.17, 15) is 5.11 Å². The number of allylic oxidation sites excluding steroid dienone is 5. The Morgan fingerprint density at radius 2 is 1.91 bits per heavy atom. The van der Waals surface area contributed by atoms with Crippen LogP contribution in [0, 0.1) is 0 Å². The Hall–Kier alpha value is -0.980. The van der Waals surface area contributed by atoms with Gasteiger partial charge in [0.15, 0.2) is 0 Å². The van der Waals surface area contributed by atoms with Crippen LogP contribution in [0.1, 0.15) is 27.2 Å². The van der Waals surface area contributed by atoms with Gasteiger partial charge in [0.25, 0.3) is 0 Å². The second-order valence-electron chi connectivity index (χ2n) is 3.03. The van der Waals surface area contributed by atoms with Gasteiger partial charge in [-0.25, -0.2) is 0 Å². The third kappa shape index (κ3) is 1.73. The van der Waals surface area contributed by atoms with E-state index in [1.165, 1.54) is 11.1 Å².